The Balaban J connectivity index is 1.61. The van der Waals surface area contributed by atoms with Crippen LogP contribution in [0.4, 0.5) is 5.69 Å². The van der Waals surface area contributed by atoms with Gasteiger partial charge in [-0.2, -0.15) is 4.31 Å². The monoisotopic (exact) mass is 574 g/mol. The van der Waals surface area contributed by atoms with Crippen molar-refractivity contribution in [3.05, 3.63) is 101 Å². The molecule has 0 aliphatic carbocycles. The number of hydrogen-bond acceptors (Lipinski definition) is 6. The van der Waals surface area contributed by atoms with Crippen LogP contribution in [0.25, 0.3) is 0 Å². The van der Waals surface area contributed by atoms with Crippen molar-refractivity contribution in [3.63, 3.8) is 0 Å². The normalized spacial score (nSPS) is 17.1. The van der Waals surface area contributed by atoms with Crippen molar-refractivity contribution >= 4 is 34.6 Å². The topological polar surface area (TPSA) is 114 Å². The third-order valence-corrected chi connectivity index (χ3v) is 8.41. The molecule has 1 fully saturated rings. The van der Waals surface area contributed by atoms with Crippen LogP contribution < -0.4 is 20.3 Å². The lowest BCUT2D eigenvalue weighted by molar-refractivity contribution is -0.123. The number of anilines is 1. The molecular weight excluding hydrogens is 536 g/mol. The van der Waals surface area contributed by atoms with Crippen LogP contribution in [0.1, 0.15) is 64.1 Å². The van der Waals surface area contributed by atoms with Crippen LogP contribution in [0, 0.1) is 0 Å². The smallest absolute Gasteiger partial charge is 0.251 e. The van der Waals surface area contributed by atoms with E-state index < -0.39 is 23.3 Å². The molecule has 3 aromatic carbocycles. The number of nitrogens with one attached hydrogen (secondary N) is 3. The number of rotatable bonds is 11. The Labute approximate surface area is 245 Å². The molecule has 1 aliphatic heterocycles. The third kappa shape index (κ3) is 8.19. The van der Waals surface area contributed by atoms with Gasteiger partial charge < -0.3 is 20.5 Å². The molecule has 0 bridgehead atoms. The first-order valence-corrected chi connectivity index (χ1v) is 15.4. The van der Waals surface area contributed by atoms with Gasteiger partial charge in [-0.15, -0.1) is 0 Å². The molecule has 41 heavy (non-hydrogen) atoms. The Kier molecular flexibility index (Phi) is 10.6. The Hall–Kier alpha value is -3.66. The zero-order valence-corrected chi connectivity index (χ0v) is 24.6. The van der Waals surface area contributed by atoms with Crippen LogP contribution in [-0.4, -0.2) is 54.1 Å². The summed E-state index contributed by atoms with van der Waals surface area (Å²) in [6, 6.07) is 22.6. The predicted octanol–water partition coefficient (Wildman–Crippen LogP) is 3.96. The first kappa shape index (κ1) is 30.3. The van der Waals surface area contributed by atoms with Gasteiger partial charge in [-0.25, -0.2) is 0 Å². The molecule has 1 aliphatic rings. The van der Waals surface area contributed by atoms with E-state index in [0.717, 1.165) is 36.9 Å². The van der Waals surface area contributed by atoms with E-state index in [-0.39, 0.29) is 34.9 Å². The molecule has 0 spiro atoms. The van der Waals surface area contributed by atoms with Gasteiger partial charge in [-0.05, 0) is 62.1 Å². The van der Waals surface area contributed by atoms with Gasteiger partial charge in [-0.3, -0.25) is 14.4 Å². The van der Waals surface area contributed by atoms with Crippen LogP contribution in [-0.2, 0) is 22.6 Å². The minimum Gasteiger partial charge on any atom is -0.593 e. The van der Waals surface area contributed by atoms with Crippen molar-refractivity contribution in [2.75, 3.05) is 24.2 Å². The lowest BCUT2D eigenvalue weighted by Gasteiger charge is -2.27. The Bertz CT molecular complexity index is 1330. The number of carbonyl (C=O) groups is 3. The second-order valence-electron chi connectivity index (χ2n) is 10.4. The van der Waals surface area contributed by atoms with E-state index >= 15 is 0 Å². The van der Waals surface area contributed by atoms with E-state index in [1.165, 1.54) is 16.6 Å². The summed E-state index contributed by atoms with van der Waals surface area (Å²) in [6.07, 6.45) is 4.58. The van der Waals surface area contributed by atoms with E-state index in [9.17, 15) is 18.9 Å². The molecule has 3 N–H and O–H groups in total. The van der Waals surface area contributed by atoms with Crippen molar-refractivity contribution in [2.24, 2.45) is 0 Å². The number of Topliss-reactive ketones (excluding diaryl/α,β-unsaturated/α-hetero) is 1. The van der Waals surface area contributed by atoms with Gasteiger partial charge in [0.2, 0.25) is 0 Å². The highest BCUT2D eigenvalue weighted by atomic mass is 32.2. The molecule has 0 saturated carbocycles. The first-order valence-electron chi connectivity index (χ1n) is 13.9. The second-order valence-corrected chi connectivity index (χ2v) is 11.8. The molecule has 4 unspecified atom stereocenters. The first-order chi connectivity index (χ1) is 19.7. The van der Waals surface area contributed by atoms with Crippen molar-refractivity contribution in [3.8, 4) is 0 Å². The van der Waals surface area contributed by atoms with Crippen LogP contribution in [0.15, 0.2) is 78.9 Å². The average molecular weight is 575 g/mol. The van der Waals surface area contributed by atoms with Crippen LogP contribution in [0.5, 0.6) is 0 Å². The van der Waals surface area contributed by atoms with Crippen molar-refractivity contribution in [1.82, 2.24) is 16.0 Å². The molecule has 4 atom stereocenters. The number of amides is 2. The SMILES string of the molecule is CC(NC(=O)c1cc(C(=O)NC(Cc2ccccc2)C(=O)C2CCCCN2)cc(N(C)[S+](C)[O-])c1)c1ccccc1. The minimum absolute atomic E-state index is 0.0560. The maximum atomic E-state index is 13.7. The Morgan fingerprint density at radius 2 is 1.56 bits per heavy atom. The Morgan fingerprint density at radius 3 is 2.15 bits per heavy atom. The lowest BCUT2D eigenvalue weighted by Crippen LogP contribution is -2.52. The highest BCUT2D eigenvalue weighted by Gasteiger charge is 2.30. The summed E-state index contributed by atoms with van der Waals surface area (Å²) in [6.45, 7) is 2.65. The van der Waals surface area contributed by atoms with Gasteiger partial charge in [0.1, 0.15) is 6.26 Å². The summed E-state index contributed by atoms with van der Waals surface area (Å²) in [7, 11) is 1.64. The fraction of sp³-hybridized carbons (Fsp3) is 0.344. The second kappa shape index (κ2) is 14.3. The maximum Gasteiger partial charge on any atom is 0.251 e. The molecule has 216 valence electrons. The van der Waals surface area contributed by atoms with Gasteiger partial charge in [0.25, 0.3) is 11.8 Å². The summed E-state index contributed by atoms with van der Waals surface area (Å²) in [5.74, 6) is -0.896. The molecule has 2 amide bonds. The number of nitrogens with zero attached hydrogens (tertiary/aromatic N) is 1. The molecule has 4 rings (SSSR count). The molecule has 3 aromatic rings. The summed E-state index contributed by atoms with van der Waals surface area (Å²) < 4.78 is 13.8. The molecular formula is C32H38N4O4S. The third-order valence-electron chi connectivity index (χ3n) is 7.42. The molecule has 0 aromatic heterocycles. The largest absolute Gasteiger partial charge is 0.593 e. The number of hydrogen-bond donors (Lipinski definition) is 3. The highest BCUT2D eigenvalue weighted by molar-refractivity contribution is 7.92. The molecule has 1 saturated heterocycles. The summed E-state index contributed by atoms with van der Waals surface area (Å²) >= 11 is -1.39. The van der Waals surface area contributed by atoms with E-state index in [4.69, 9.17) is 0 Å². The maximum absolute atomic E-state index is 13.7. The zero-order valence-electron chi connectivity index (χ0n) is 23.8. The lowest BCUT2D eigenvalue weighted by atomic mass is 9.92. The van der Waals surface area contributed by atoms with Crippen molar-refractivity contribution in [1.29, 1.82) is 0 Å². The van der Waals surface area contributed by atoms with Crippen molar-refractivity contribution in [2.45, 2.75) is 50.7 Å². The summed E-state index contributed by atoms with van der Waals surface area (Å²) in [5, 5.41) is 9.23. The van der Waals surface area contributed by atoms with E-state index in [0.29, 0.717) is 12.1 Å². The predicted molar refractivity (Wildman–Crippen MR) is 163 cm³/mol. The summed E-state index contributed by atoms with van der Waals surface area (Å²) in [5.41, 5.74) is 2.80. The van der Waals surface area contributed by atoms with Gasteiger partial charge >= 0.3 is 0 Å². The number of ketones is 1. The number of piperidine rings is 1. The fourth-order valence-electron chi connectivity index (χ4n) is 4.96. The van der Waals surface area contributed by atoms with E-state index in [1.54, 1.807) is 19.2 Å². The minimum atomic E-state index is -1.39. The average Bonchev–Trinajstić information content (AvgIpc) is 3.01. The molecule has 0 radical (unpaired) electrons. The fourth-order valence-corrected chi connectivity index (χ4v) is 5.36. The van der Waals surface area contributed by atoms with Gasteiger partial charge in [0.15, 0.2) is 5.78 Å². The van der Waals surface area contributed by atoms with E-state index in [2.05, 4.69) is 16.0 Å². The highest BCUT2D eigenvalue weighted by Crippen LogP contribution is 2.22. The molecule has 8 nitrogen and oxygen atoms in total. The molecule has 1 heterocycles. The van der Waals surface area contributed by atoms with Crippen molar-refractivity contribution < 1.29 is 18.9 Å². The molecule has 9 heteroatoms. The van der Waals surface area contributed by atoms with Gasteiger partial charge in [0, 0.05) is 11.1 Å². The van der Waals surface area contributed by atoms with Gasteiger partial charge in [-0.1, -0.05) is 67.1 Å². The van der Waals surface area contributed by atoms with Gasteiger partial charge in [0.05, 0.1) is 42.2 Å². The summed E-state index contributed by atoms with van der Waals surface area (Å²) in [4.78, 5) is 40.6. The number of benzene rings is 3. The number of carbonyl (C=O) groups excluding carboxylic acids is 3. The standard InChI is InChI=1S/C32H38N4O4S/c1-22(24-14-8-5-9-15-24)34-31(38)25-19-26(21-27(20-25)36(2)41(3)40)32(39)35-29(18-23-12-6-4-7-13-23)30(37)28-16-10-11-17-33-28/h4-9,12-15,19-22,28-29,33H,10-11,16-18H2,1-3H3,(H,34,38)(H,35,39). The van der Waals surface area contributed by atoms with Crippen LogP contribution >= 0.6 is 0 Å². The zero-order chi connectivity index (χ0) is 29.4. The van der Waals surface area contributed by atoms with Crippen LogP contribution in [0.3, 0.4) is 0 Å². The van der Waals surface area contributed by atoms with Crippen LogP contribution in [0.2, 0.25) is 0 Å². The quantitative estimate of drug-likeness (QED) is 0.299. The van der Waals surface area contributed by atoms with E-state index in [1.807, 2.05) is 67.6 Å². The Morgan fingerprint density at radius 1 is 0.951 bits per heavy atom.